The number of hydrogen-bond acceptors (Lipinski definition) is 2. The summed E-state index contributed by atoms with van der Waals surface area (Å²) in [5, 5.41) is 7.30. The maximum Gasteiger partial charge on any atom is 0.249 e. The average Bonchev–Trinajstić information content (AvgIpc) is 1.15. The van der Waals surface area contributed by atoms with Crippen molar-refractivity contribution >= 4 is 117 Å². The van der Waals surface area contributed by atoms with Crippen molar-refractivity contribution in [3.8, 4) is 95.0 Å². The number of fused-ring (bicyclic) bond motifs is 14. The van der Waals surface area contributed by atoms with Crippen LogP contribution in [0.2, 0.25) is 0 Å². The van der Waals surface area contributed by atoms with Crippen molar-refractivity contribution in [1.29, 1.82) is 0 Å². The Balaban J connectivity index is 0.876. The van der Waals surface area contributed by atoms with Crippen molar-refractivity contribution in [1.82, 2.24) is 13.7 Å². The van der Waals surface area contributed by atoms with E-state index in [1.54, 1.807) is 0 Å². The van der Waals surface area contributed by atoms with Crippen LogP contribution < -0.4 is 21.3 Å². The van der Waals surface area contributed by atoms with Gasteiger partial charge in [0.2, 0.25) is 6.71 Å². The van der Waals surface area contributed by atoms with Gasteiger partial charge in [0.05, 0.1) is 38.8 Å². The third-order valence-corrected chi connectivity index (χ3v) is 25.7. The van der Waals surface area contributed by atoms with Crippen LogP contribution in [0.25, 0.3) is 160 Å². The molecule has 0 radical (unpaired) electrons. The molecule has 0 N–H and O–H groups in total. The van der Waals surface area contributed by atoms with E-state index in [1.165, 1.54) is 125 Å². The Kier molecular flexibility index (Phi) is 16.1. The molecule has 22 rings (SSSR count). The highest BCUT2D eigenvalue weighted by atomic mass is 32.2. The molecule has 2 aliphatic rings. The van der Waals surface area contributed by atoms with Crippen LogP contribution in [0.3, 0.4) is 0 Å². The van der Waals surface area contributed by atoms with Crippen LogP contribution in [0.4, 0.5) is 17.1 Å². The molecule has 6 heteroatoms. The molecule has 20 aromatic rings. The summed E-state index contributed by atoms with van der Waals surface area (Å²) < 4.78 is 7.62. The number of nitrogens with zero attached hydrogens (tertiary/aromatic N) is 4. The van der Waals surface area contributed by atoms with Gasteiger partial charge in [-0.1, -0.05) is 338 Å². The lowest BCUT2D eigenvalue weighted by molar-refractivity contribution is 0.569. The molecular weight excluding hydrogens is 1420 g/mol. The van der Waals surface area contributed by atoms with Crippen LogP contribution in [0, 0.1) is 0 Å². The van der Waals surface area contributed by atoms with E-state index >= 15 is 0 Å². The van der Waals surface area contributed by atoms with Gasteiger partial charge < -0.3 is 18.6 Å². The summed E-state index contributed by atoms with van der Waals surface area (Å²) in [6.45, 7) is 13.8. The lowest BCUT2D eigenvalue weighted by Crippen LogP contribution is -2.60. The maximum absolute atomic E-state index is 2.73. The predicted octanol–water partition coefficient (Wildman–Crippen LogP) is 28.0. The number of rotatable bonds is 11. The van der Waals surface area contributed by atoms with Gasteiger partial charge in [-0.3, -0.25) is 0 Å². The molecule has 0 atom stereocenters. The van der Waals surface area contributed by atoms with Gasteiger partial charge >= 0.3 is 0 Å². The summed E-state index contributed by atoms with van der Waals surface area (Å²) in [6, 6.07) is 145. The molecule has 3 aromatic heterocycles. The van der Waals surface area contributed by atoms with Gasteiger partial charge in [0.1, 0.15) is 0 Å². The van der Waals surface area contributed by atoms with Gasteiger partial charge in [-0.2, -0.15) is 0 Å². The van der Waals surface area contributed by atoms with E-state index in [-0.39, 0.29) is 17.5 Å². The number of para-hydroxylation sites is 4. The molecule has 2 aliphatic heterocycles. The molecule has 0 fully saturated rings. The second-order valence-electron chi connectivity index (χ2n) is 33.6. The van der Waals surface area contributed by atoms with Gasteiger partial charge in [-0.15, -0.1) is 0 Å². The van der Waals surface area contributed by atoms with Crippen LogP contribution in [0.5, 0.6) is 0 Å². The zero-order valence-electron chi connectivity index (χ0n) is 65.6. The Morgan fingerprint density at radius 2 is 0.647 bits per heavy atom. The first-order valence-electron chi connectivity index (χ1n) is 40.6. The van der Waals surface area contributed by atoms with Gasteiger partial charge in [-0.05, 0) is 203 Å². The van der Waals surface area contributed by atoms with E-state index in [0.29, 0.717) is 0 Å². The van der Waals surface area contributed by atoms with Crippen molar-refractivity contribution in [2.75, 3.05) is 4.90 Å². The molecule has 5 heterocycles. The predicted molar refractivity (Wildman–Crippen MR) is 495 cm³/mol. The van der Waals surface area contributed by atoms with E-state index in [1.807, 2.05) is 11.8 Å². The summed E-state index contributed by atoms with van der Waals surface area (Å²) in [5.41, 5.74) is 36.2. The largest absolute Gasteiger partial charge is 0.310 e. The van der Waals surface area contributed by atoms with Gasteiger partial charge in [0.15, 0.2) is 0 Å². The Bertz CT molecular complexity index is 7230. The van der Waals surface area contributed by atoms with Crippen molar-refractivity contribution in [2.24, 2.45) is 0 Å². The summed E-state index contributed by atoms with van der Waals surface area (Å²) in [7, 11) is 0. The highest BCUT2D eigenvalue weighted by molar-refractivity contribution is 8.00. The number of aromatic nitrogens is 3. The molecule has 0 spiro atoms. The first kappa shape index (κ1) is 69.1. The fourth-order valence-electron chi connectivity index (χ4n) is 18.8. The molecule has 17 aromatic carbocycles. The van der Waals surface area contributed by atoms with Crippen LogP contribution in [0.1, 0.15) is 52.7 Å². The van der Waals surface area contributed by atoms with E-state index < -0.39 is 0 Å². The second kappa shape index (κ2) is 27.0. The smallest absolute Gasteiger partial charge is 0.249 e. The molecule has 0 aliphatic carbocycles. The lowest BCUT2D eigenvalue weighted by Gasteiger charge is -2.42. The Morgan fingerprint density at radius 3 is 1.17 bits per heavy atom. The van der Waals surface area contributed by atoms with E-state index in [9.17, 15) is 0 Å². The number of benzene rings is 17. The average molecular weight is 1500 g/mol. The quantitative estimate of drug-likeness (QED) is 0.120. The number of anilines is 3. The molecular formula is C110H81BN4S. The molecule has 0 saturated heterocycles. The Hall–Kier alpha value is -13.6. The van der Waals surface area contributed by atoms with Gasteiger partial charge in [-0.25, -0.2) is 0 Å². The first-order valence-corrected chi connectivity index (χ1v) is 41.4. The SMILES string of the molecule is CC(C)(C)c1cc(-c2ccc3c(c2)c2ccccc2n3-c2cc3c4c(c2)N(c2c(-c5cccc(-c6ccccc6)c5)cccc2-c2cccc(-c5ccccc5)c2)c2cc(-n5c6ccccc6c6cc(-c7ccccc7)ccc65)ccc2B4c2ccc4c(c2S3)c2cc(-c3ccccc3)ccc2n4-c2ccccc2)cc(C(C)(C)C)c1. The third kappa shape index (κ3) is 11.4. The molecule has 4 nitrogen and oxygen atoms in total. The highest BCUT2D eigenvalue weighted by Crippen LogP contribution is 2.54. The highest BCUT2D eigenvalue weighted by Gasteiger charge is 2.44. The summed E-state index contributed by atoms with van der Waals surface area (Å²) in [6.07, 6.45) is 0. The minimum atomic E-state index is -0.227. The molecule has 116 heavy (non-hydrogen) atoms. The summed E-state index contributed by atoms with van der Waals surface area (Å²) >= 11 is 1.95. The van der Waals surface area contributed by atoms with Crippen LogP contribution >= 0.6 is 11.8 Å². The van der Waals surface area contributed by atoms with Crippen molar-refractivity contribution < 1.29 is 0 Å². The fourth-order valence-corrected chi connectivity index (χ4v) is 20.2. The zero-order chi connectivity index (χ0) is 77.7. The standard InChI is InChI=1S/C110H81BN4S/c1-109(2,3)82-61-81(62-83(66-82)110(4,5)6)78-51-56-99-92(64-78)90-44-23-25-48-97(90)114(99)86-68-103-106-104(69-86)116-108-95(54-58-101-105(108)93-65-77(73-35-18-10-19-36-73)50-57-100(93)112(101)84-41-20-11-21-42-84)111(106)94-53-52-85(113-96-47-24-22-43-89(96)91-63-76(49-55-98(91)113)72-33-16-9-17-34-72)67-102(94)115(103)107-87(79-39-26-37-74(59-79)70-29-12-7-13-30-70)45-28-46-88(107)80-40-27-38-75(60-80)71-31-14-8-15-32-71/h7-69H,1-6H3. The first-order chi connectivity index (χ1) is 56.8. The summed E-state index contributed by atoms with van der Waals surface area (Å²) in [4.78, 5) is 5.21. The van der Waals surface area contributed by atoms with E-state index in [2.05, 4.69) is 442 Å². The van der Waals surface area contributed by atoms with E-state index in [4.69, 9.17) is 0 Å². The number of hydrogen-bond donors (Lipinski definition) is 0. The molecule has 0 bridgehead atoms. The van der Waals surface area contributed by atoms with Crippen molar-refractivity contribution in [3.05, 3.63) is 393 Å². The molecule has 0 saturated carbocycles. The Labute approximate surface area is 681 Å². The van der Waals surface area contributed by atoms with Crippen LogP contribution in [-0.4, -0.2) is 20.4 Å². The third-order valence-electron chi connectivity index (χ3n) is 24.5. The summed E-state index contributed by atoms with van der Waals surface area (Å²) in [5.74, 6) is 0. The van der Waals surface area contributed by atoms with Crippen LogP contribution in [0.15, 0.2) is 392 Å². The molecule has 550 valence electrons. The topological polar surface area (TPSA) is 18.0 Å². The lowest BCUT2D eigenvalue weighted by atomic mass is 9.34. The van der Waals surface area contributed by atoms with Gasteiger partial charge in [0, 0.05) is 81.7 Å². The monoisotopic (exact) mass is 1500 g/mol. The van der Waals surface area contributed by atoms with Crippen LogP contribution in [-0.2, 0) is 10.8 Å². The minimum absolute atomic E-state index is 0.0515. The maximum atomic E-state index is 2.73. The molecule has 0 amide bonds. The van der Waals surface area contributed by atoms with Gasteiger partial charge in [0.25, 0.3) is 0 Å². The zero-order valence-corrected chi connectivity index (χ0v) is 66.5. The van der Waals surface area contributed by atoms with E-state index in [0.717, 1.165) is 89.6 Å². The minimum Gasteiger partial charge on any atom is -0.310 e. The van der Waals surface area contributed by atoms with Crippen molar-refractivity contribution in [2.45, 2.75) is 62.2 Å². The normalized spacial score (nSPS) is 12.7. The molecule has 0 unspecified atom stereocenters. The second-order valence-corrected chi connectivity index (χ2v) is 34.6. The fraction of sp³-hybridized carbons (Fsp3) is 0.0727. The van der Waals surface area contributed by atoms with Crippen molar-refractivity contribution in [3.63, 3.8) is 0 Å². The Morgan fingerprint density at radius 1 is 0.250 bits per heavy atom.